The van der Waals surface area contributed by atoms with Gasteiger partial charge in [0.15, 0.2) is 6.10 Å². The van der Waals surface area contributed by atoms with E-state index in [2.05, 4.69) is 15.9 Å². The number of benzene rings is 3. The minimum Gasteiger partial charge on any atom is -0.492 e. The Balaban J connectivity index is 1.60. The number of carbonyl (C=O) groups is 2. The summed E-state index contributed by atoms with van der Waals surface area (Å²) in [5.74, 6) is -1.63. The summed E-state index contributed by atoms with van der Waals surface area (Å²) < 4.78 is 19.9. The Morgan fingerprint density at radius 3 is 2.45 bits per heavy atom. The molecule has 8 heteroatoms. The van der Waals surface area contributed by atoms with Crippen LogP contribution in [0.2, 0.25) is 0 Å². The van der Waals surface area contributed by atoms with Gasteiger partial charge in [-0.3, -0.25) is 14.4 Å². The summed E-state index contributed by atoms with van der Waals surface area (Å²) >= 11 is 3.23. The number of ether oxygens (including phenoxy) is 1. The normalized spacial score (nSPS) is 22.1. The number of fused-ring (bicyclic) bond motifs is 1. The maximum atomic E-state index is 14.0. The second kappa shape index (κ2) is 8.61. The molecule has 2 fully saturated rings. The molecular formula is C25H20BrFN2O4. The molecule has 33 heavy (non-hydrogen) atoms. The summed E-state index contributed by atoms with van der Waals surface area (Å²) in [4.78, 5) is 34.4. The van der Waals surface area contributed by atoms with E-state index in [0.717, 1.165) is 4.90 Å². The largest absolute Gasteiger partial charge is 0.492 e. The van der Waals surface area contributed by atoms with E-state index >= 15 is 0 Å². The Kier molecular flexibility index (Phi) is 5.64. The van der Waals surface area contributed by atoms with Crippen molar-refractivity contribution in [3.63, 3.8) is 0 Å². The van der Waals surface area contributed by atoms with E-state index < -0.39 is 29.8 Å². The van der Waals surface area contributed by atoms with Gasteiger partial charge in [0.05, 0.1) is 28.5 Å². The summed E-state index contributed by atoms with van der Waals surface area (Å²) in [6, 6.07) is 20.1. The SMILES string of the molecule is CCOc1ccccc1N1C(=O)[C@H]2[C@H](ON(c3ccccc3)[C@@H]2c2ccc(F)c(Br)c2)C1=O. The molecule has 6 nitrogen and oxygen atoms in total. The van der Waals surface area contributed by atoms with E-state index in [9.17, 15) is 14.0 Å². The molecule has 0 aliphatic carbocycles. The van der Waals surface area contributed by atoms with E-state index in [-0.39, 0.29) is 10.4 Å². The van der Waals surface area contributed by atoms with E-state index in [1.165, 1.54) is 6.07 Å². The molecule has 168 valence electrons. The highest BCUT2D eigenvalue weighted by atomic mass is 79.9. The fraction of sp³-hybridized carbons (Fsp3) is 0.200. The predicted molar refractivity (Wildman–Crippen MR) is 124 cm³/mol. The van der Waals surface area contributed by atoms with Gasteiger partial charge in [0.2, 0.25) is 5.91 Å². The first-order valence-corrected chi connectivity index (χ1v) is 11.4. The average Bonchev–Trinajstić information content (AvgIpc) is 3.33. The number of hydroxylamine groups is 1. The Hall–Kier alpha value is -3.23. The van der Waals surface area contributed by atoms with Crippen LogP contribution in [0.25, 0.3) is 0 Å². The number of hydrogen-bond acceptors (Lipinski definition) is 5. The summed E-state index contributed by atoms with van der Waals surface area (Å²) in [6.45, 7) is 2.23. The molecule has 0 spiro atoms. The van der Waals surface area contributed by atoms with Crippen LogP contribution in [0.15, 0.2) is 77.3 Å². The number of imide groups is 1. The highest BCUT2D eigenvalue weighted by molar-refractivity contribution is 9.10. The van der Waals surface area contributed by atoms with Crippen LogP contribution in [0.4, 0.5) is 15.8 Å². The topological polar surface area (TPSA) is 59.1 Å². The van der Waals surface area contributed by atoms with Crippen molar-refractivity contribution in [3.8, 4) is 5.75 Å². The van der Waals surface area contributed by atoms with E-state index in [1.54, 1.807) is 41.5 Å². The van der Waals surface area contributed by atoms with Crippen LogP contribution in [0.5, 0.6) is 5.75 Å². The molecule has 3 atom stereocenters. The van der Waals surface area contributed by atoms with Crippen LogP contribution in [-0.2, 0) is 14.4 Å². The molecule has 5 rings (SSSR count). The van der Waals surface area contributed by atoms with Crippen molar-refractivity contribution in [3.05, 3.63) is 88.6 Å². The fourth-order valence-electron chi connectivity index (χ4n) is 4.41. The molecular weight excluding hydrogens is 491 g/mol. The molecule has 0 saturated carbocycles. The lowest BCUT2D eigenvalue weighted by Gasteiger charge is -2.29. The van der Waals surface area contributed by atoms with Gasteiger partial charge >= 0.3 is 0 Å². The number of anilines is 2. The van der Waals surface area contributed by atoms with Crippen LogP contribution >= 0.6 is 15.9 Å². The Morgan fingerprint density at radius 2 is 1.73 bits per heavy atom. The summed E-state index contributed by atoms with van der Waals surface area (Å²) in [5.41, 5.74) is 1.73. The molecule has 3 aromatic carbocycles. The van der Waals surface area contributed by atoms with Gasteiger partial charge < -0.3 is 4.74 Å². The van der Waals surface area contributed by atoms with Crippen LogP contribution < -0.4 is 14.7 Å². The molecule has 2 heterocycles. The fourth-order valence-corrected chi connectivity index (χ4v) is 4.80. The highest BCUT2D eigenvalue weighted by Gasteiger charge is 2.60. The van der Waals surface area contributed by atoms with Gasteiger partial charge in [-0.15, -0.1) is 0 Å². The number of hydrogen-bond donors (Lipinski definition) is 0. The van der Waals surface area contributed by atoms with Gasteiger partial charge in [0.1, 0.15) is 17.5 Å². The van der Waals surface area contributed by atoms with Crippen molar-refractivity contribution in [2.24, 2.45) is 5.92 Å². The van der Waals surface area contributed by atoms with Crippen molar-refractivity contribution in [1.82, 2.24) is 0 Å². The Bertz CT molecular complexity index is 1220. The first-order chi connectivity index (χ1) is 16.0. The van der Waals surface area contributed by atoms with Gasteiger partial charge in [-0.2, -0.15) is 0 Å². The van der Waals surface area contributed by atoms with Crippen molar-refractivity contribution >= 4 is 39.1 Å². The monoisotopic (exact) mass is 510 g/mol. The minimum absolute atomic E-state index is 0.270. The third-order valence-electron chi connectivity index (χ3n) is 5.82. The lowest BCUT2D eigenvalue weighted by Crippen LogP contribution is -2.37. The Labute approximate surface area is 198 Å². The van der Waals surface area contributed by atoms with Crippen molar-refractivity contribution in [2.45, 2.75) is 19.1 Å². The van der Waals surface area contributed by atoms with Gasteiger partial charge in [-0.25, -0.2) is 14.4 Å². The smallest absolute Gasteiger partial charge is 0.266 e. The zero-order valence-corrected chi connectivity index (χ0v) is 19.2. The number of halogens is 2. The lowest BCUT2D eigenvalue weighted by atomic mass is 9.90. The molecule has 2 saturated heterocycles. The van der Waals surface area contributed by atoms with Gasteiger partial charge in [0.25, 0.3) is 5.91 Å². The molecule has 0 bridgehead atoms. The zero-order chi connectivity index (χ0) is 23.1. The standard InChI is InChI=1S/C25H20BrFN2O4/c1-2-32-20-11-7-6-10-19(20)28-24(30)21-22(15-12-13-18(27)17(26)14-15)29(33-23(21)25(28)31)16-8-4-3-5-9-16/h3-14,21-23H,2H2,1H3/t21-,22-,23+/m1/s1. The molecule has 3 aromatic rings. The average molecular weight is 511 g/mol. The zero-order valence-electron chi connectivity index (χ0n) is 17.7. The van der Waals surface area contributed by atoms with Gasteiger partial charge in [0, 0.05) is 0 Å². The summed E-state index contributed by atoms with van der Waals surface area (Å²) in [7, 11) is 0. The van der Waals surface area contributed by atoms with Crippen molar-refractivity contribution in [2.75, 3.05) is 16.6 Å². The quantitative estimate of drug-likeness (QED) is 0.450. The van der Waals surface area contributed by atoms with E-state index in [0.29, 0.717) is 29.3 Å². The molecule has 2 aliphatic heterocycles. The molecule has 0 N–H and O–H groups in total. The minimum atomic E-state index is -1.01. The number of carbonyl (C=O) groups excluding carboxylic acids is 2. The maximum Gasteiger partial charge on any atom is 0.266 e. The number of rotatable bonds is 5. The number of para-hydroxylation sites is 3. The van der Waals surface area contributed by atoms with Gasteiger partial charge in [-0.1, -0.05) is 36.4 Å². The van der Waals surface area contributed by atoms with Crippen molar-refractivity contribution in [1.29, 1.82) is 0 Å². The molecule has 2 amide bonds. The maximum absolute atomic E-state index is 14.0. The summed E-state index contributed by atoms with van der Waals surface area (Å²) in [5, 5.41) is 1.58. The molecule has 2 aliphatic rings. The molecule has 0 aromatic heterocycles. The van der Waals surface area contributed by atoms with Crippen LogP contribution in [0.3, 0.4) is 0 Å². The van der Waals surface area contributed by atoms with Crippen LogP contribution in [0, 0.1) is 11.7 Å². The first-order valence-electron chi connectivity index (χ1n) is 10.6. The second-order valence-electron chi connectivity index (χ2n) is 7.74. The Morgan fingerprint density at radius 1 is 1.00 bits per heavy atom. The van der Waals surface area contributed by atoms with Gasteiger partial charge in [-0.05, 0) is 64.8 Å². The molecule has 0 unspecified atom stereocenters. The van der Waals surface area contributed by atoms with Crippen LogP contribution in [-0.4, -0.2) is 24.5 Å². The van der Waals surface area contributed by atoms with Crippen molar-refractivity contribution < 1.29 is 23.6 Å². The van der Waals surface area contributed by atoms with E-state index in [1.807, 2.05) is 37.3 Å². The highest BCUT2D eigenvalue weighted by Crippen LogP contribution is 2.48. The van der Waals surface area contributed by atoms with E-state index in [4.69, 9.17) is 9.57 Å². The number of amides is 2. The third kappa shape index (κ3) is 3.59. The summed E-state index contributed by atoms with van der Waals surface area (Å²) in [6.07, 6.45) is -1.01. The van der Waals surface area contributed by atoms with Crippen LogP contribution in [0.1, 0.15) is 18.5 Å². The lowest BCUT2D eigenvalue weighted by molar-refractivity contribution is -0.126. The molecule has 0 radical (unpaired) electrons. The third-order valence-corrected chi connectivity index (χ3v) is 6.42. The number of nitrogens with zero attached hydrogens (tertiary/aromatic N) is 2. The first kappa shape index (κ1) is 21.6. The second-order valence-corrected chi connectivity index (χ2v) is 8.60. The predicted octanol–water partition coefficient (Wildman–Crippen LogP) is 5.04.